The number of hydrogen-bond donors (Lipinski definition) is 2. The first-order valence-electron chi connectivity index (χ1n) is 16.8. The van der Waals surface area contributed by atoms with Crippen LogP contribution in [0.1, 0.15) is 75.2 Å². The molecular formula is C35H48N6O5. The van der Waals surface area contributed by atoms with E-state index in [0.29, 0.717) is 44.3 Å². The van der Waals surface area contributed by atoms with E-state index in [-0.39, 0.29) is 35.6 Å². The molecule has 11 nitrogen and oxygen atoms in total. The fourth-order valence-electron chi connectivity index (χ4n) is 7.71. The number of hydrogen-bond acceptors (Lipinski definition) is 6. The largest absolute Gasteiger partial charge is 0.376 e. The van der Waals surface area contributed by atoms with Crippen molar-refractivity contribution in [2.24, 2.45) is 34.3 Å². The lowest BCUT2D eigenvalue weighted by atomic mass is 9.70. The molecule has 4 amide bonds. The SMILES string of the molecule is C[C@@H](OCC1CCCCC1)[C@H](NC(=O)[C@@H]1CN(C(=O)c2cnn(Cc3ccccc3)c2)CC12CN(C(=O)[C@H]1CC1(C)C)C2)C(N)=O. The summed E-state index contributed by atoms with van der Waals surface area (Å²) in [6.45, 7) is 8.32. The molecular weight excluding hydrogens is 584 g/mol. The molecule has 1 spiro atoms. The Bertz CT molecular complexity index is 1440. The lowest BCUT2D eigenvalue weighted by Gasteiger charge is -2.50. The number of likely N-dealkylation sites (tertiary alicyclic amines) is 2. The number of aromatic nitrogens is 2. The second kappa shape index (κ2) is 12.8. The normalized spacial score (nSPS) is 24.7. The molecule has 46 heavy (non-hydrogen) atoms. The van der Waals surface area contributed by atoms with E-state index in [2.05, 4.69) is 24.3 Å². The van der Waals surface area contributed by atoms with Crippen LogP contribution in [0.25, 0.3) is 0 Å². The zero-order valence-corrected chi connectivity index (χ0v) is 27.3. The molecule has 3 N–H and O–H groups in total. The first kappa shape index (κ1) is 32.2. The molecule has 0 bridgehead atoms. The van der Waals surface area contributed by atoms with Gasteiger partial charge in [0.25, 0.3) is 5.91 Å². The molecule has 1 aromatic heterocycles. The Labute approximate surface area is 271 Å². The molecule has 6 rings (SSSR count). The second-order valence-electron chi connectivity index (χ2n) is 14.9. The first-order valence-corrected chi connectivity index (χ1v) is 16.8. The number of rotatable bonds is 11. The van der Waals surface area contributed by atoms with Gasteiger partial charge >= 0.3 is 0 Å². The highest BCUT2D eigenvalue weighted by atomic mass is 16.5. The summed E-state index contributed by atoms with van der Waals surface area (Å²) in [5.41, 5.74) is 6.69. The molecule has 0 radical (unpaired) electrons. The van der Waals surface area contributed by atoms with Crippen LogP contribution in [0, 0.1) is 28.6 Å². The van der Waals surface area contributed by atoms with E-state index in [1.54, 1.807) is 28.9 Å². The van der Waals surface area contributed by atoms with E-state index in [1.807, 2.05) is 35.2 Å². The number of carbonyl (C=O) groups is 4. The van der Waals surface area contributed by atoms with E-state index >= 15 is 0 Å². The van der Waals surface area contributed by atoms with E-state index in [9.17, 15) is 19.2 Å². The van der Waals surface area contributed by atoms with E-state index < -0.39 is 29.4 Å². The van der Waals surface area contributed by atoms with Gasteiger partial charge in [0.15, 0.2) is 0 Å². The molecule has 11 heteroatoms. The quantitative estimate of drug-likeness (QED) is 0.391. The Morgan fingerprint density at radius 1 is 1.02 bits per heavy atom. The third-order valence-electron chi connectivity index (χ3n) is 10.8. The summed E-state index contributed by atoms with van der Waals surface area (Å²) in [6.07, 6.45) is 9.38. The Morgan fingerprint density at radius 3 is 2.35 bits per heavy atom. The number of nitrogens with two attached hydrogens (primary N) is 1. The topological polar surface area (TPSA) is 140 Å². The van der Waals surface area contributed by atoms with Gasteiger partial charge in [-0.15, -0.1) is 0 Å². The van der Waals surface area contributed by atoms with Crippen LogP contribution in [0.5, 0.6) is 0 Å². The Hall–Kier alpha value is -3.73. The number of carbonyl (C=O) groups excluding carboxylic acids is 4. The number of amides is 4. The van der Waals surface area contributed by atoms with Crippen molar-refractivity contribution < 1.29 is 23.9 Å². The predicted octanol–water partition coefficient (Wildman–Crippen LogP) is 2.83. The number of nitrogens with zero attached hydrogens (tertiary/aromatic N) is 4. The monoisotopic (exact) mass is 632 g/mol. The predicted molar refractivity (Wildman–Crippen MR) is 171 cm³/mol. The van der Waals surface area contributed by atoms with Gasteiger partial charge in [0, 0.05) is 50.3 Å². The molecule has 1 aromatic carbocycles. The highest BCUT2D eigenvalue weighted by Crippen LogP contribution is 2.54. The molecule has 3 heterocycles. The van der Waals surface area contributed by atoms with E-state index in [0.717, 1.165) is 24.8 Å². The van der Waals surface area contributed by atoms with Crippen molar-refractivity contribution in [2.75, 3.05) is 32.8 Å². The summed E-state index contributed by atoms with van der Waals surface area (Å²) < 4.78 is 7.81. The molecule has 4 aliphatic rings. The van der Waals surface area contributed by atoms with Crippen LogP contribution in [0.4, 0.5) is 0 Å². The molecule has 2 saturated heterocycles. The van der Waals surface area contributed by atoms with Crippen molar-refractivity contribution in [3.05, 3.63) is 53.9 Å². The van der Waals surface area contributed by atoms with E-state index in [4.69, 9.17) is 10.5 Å². The van der Waals surface area contributed by atoms with Crippen LogP contribution in [0.3, 0.4) is 0 Å². The van der Waals surface area contributed by atoms with Crippen LogP contribution in [0.2, 0.25) is 0 Å². The van der Waals surface area contributed by atoms with Crippen LogP contribution < -0.4 is 11.1 Å². The van der Waals surface area contributed by atoms with Gasteiger partial charge in [0.05, 0.1) is 30.3 Å². The standard InChI is InChI=1S/C35H48N6O5/c1-23(46-19-25-12-8-5-9-13-25)29(30(36)42)38-31(43)28-18-39(20-35(28)21-40(22-35)33(45)27-14-34(27,2)3)32(44)26-15-37-41(17-26)16-24-10-6-4-7-11-24/h4,6-7,10-11,15,17,23,25,27-29H,5,8-9,12-14,16,18-22H2,1-3H3,(H2,36,42)(H,38,43)/t23-,27-,28+,29+/m1/s1. The van der Waals surface area contributed by atoms with Crippen molar-refractivity contribution in [2.45, 2.75) is 78.0 Å². The van der Waals surface area contributed by atoms with Crippen molar-refractivity contribution >= 4 is 23.6 Å². The fraction of sp³-hybridized carbons (Fsp3) is 0.629. The van der Waals surface area contributed by atoms with Crippen LogP contribution in [0.15, 0.2) is 42.7 Å². The Balaban J connectivity index is 1.15. The fourth-order valence-corrected chi connectivity index (χ4v) is 7.71. The van der Waals surface area contributed by atoms with Crippen molar-refractivity contribution in [3.8, 4) is 0 Å². The number of ether oxygens (including phenoxy) is 1. The Kier molecular flexibility index (Phi) is 8.98. The first-order chi connectivity index (χ1) is 22.0. The molecule has 2 aliphatic carbocycles. The highest BCUT2D eigenvalue weighted by Gasteiger charge is 2.62. The van der Waals surface area contributed by atoms with Gasteiger partial charge in [-0.25, -0.2) is 0 Å². The summed E-state index contributed by atoms with van der Waals surface area (Å²) in [5.74, 6) is -1.26. The minimum Gasteiger partial charge on any atom is -0.376 e. The third-order valence-corrected chi connectivity index (χ3v) is 10.8. The van der Waals surface area contributed by atoms with Gasteiger partial charge in [0.1, 0.15) is 6.04 Å². The van der Waals surface area contributed by atoms with Gasteiger partial charge in [-0.3, -0.25) is 23.9 Å². The lowest BCUT2D eigenvalue weighted by molar-refractivity contribution is -0.152. The third kappa shape index (κ3) is 6.70. The molecule has 4 atom stereocenters. The van der Waals surface area contributed by atoms with Crippen molar-refractivity contribution in [3.63, 3.8) is 0 Å². The maximum Gasteiger partial charge on any atom is 0.257 e. The van der Waals surface area contributed by atoms with Crippen LogP contribution in [-0.4, -0.2) is 88.1 Å². The van der Waals surface area contributed by atoms with E-state index in [1.165, 1.54) is 19.3 Å². The van der Waals surface area contributed by atoms with Crippen molar-refractivity contribution in [1.29, 1.82) is 0 Å². The zero-order chi connectivity index (χ0) is 32.6. The smallest absolute Gasteiger partial charge is 0.257 e. The van der Waals surface area contributed by atoms with Gasteiger partial charge in [0.2, 0.25) is 17.7 Å². The molecule has 2 aromatic rings. The average molecular weight is 633 g/mol. The average Bonchev–Trinajstić information content (AvgIpc) is 3.34. The van der Waals surface area contributed by atoms with Crippen molar-refractivity contribution in [1.82, 2.24) is 24.9 Å². The summed E-state index contributed by atoms with van der Waals surface area (Å²) >= 11 is 0. The molecule has 248 valence electrons. The summed E-state index contributed by atoms with van der Waals surface area (Å²) in [7, 11) is 0. The number of primary amides is 1. The number of nitrogens with one attached hydrogen (secondary N) is 1. The van der Waals surface area contributed by atoms with Gasteiger partial charge < -0.3 is 25.6 Å². The zero-order valence-electron chi connectivity index (χ0n) is 27.3. The molecule has 0 unspecified atom stereocenters. The molecule has 2 saturated carbocycles. The lowest BCUT2D eigenvalue weighted by Crippen LogP contribution is -2.65. The van der Waals surface area contributed by atoms with Gasteiger partial charge in [-0.2, -0.15) is 5.10 Å². The van der Waals surface area contributed by atoms with Gasteiger partial charge in [-0.1, -0.05) is 63.4 Å². The molecule has 2 aliphatic heterocycles. The van der Waals surface area contributed by atoms with Gasteiger partial charge in [-0.05, 0) is 43.1 Å². The highest BCUT2D eigenvalue weighted by molar-refractivity contribution is 5.95. The van der Waals surface area contributed by atoms with Crippen LogP contribution >= 0.6 is 0 Å². The number of benzene rings is 1. The summed E-state index contributed by atoms with van der Waals surface area (Å²) in [4.78, 5) is 57.1. The summed E-state index contributed by atoms with van der Waals surface area (Å²) in [5, 5.41) is 7.30. The molecule has 4 fully saturated rings. The Morgan fingerprint density at radius 2 is 1.70 bits per heavy atom. The second-order valence-corrected chi connectivity index (χ2v) is 14.9. The maximum atomic E-state index is 14.0. The summed E-state index contributed by atoms with van der Waals surface area (Å²) in [6, 6.07) is 8.88. The minimum atomic E-state index is -1.00. The maximum absolute atomic E-state index is 14.0. The van der Waals surface area contributed by atoms with Crippen LogP contribution in [-0.2, 0) is 25.7 Å². The minimum absolute atomic E-state index is 0.00330.